The number of amides is 1. The van der Waals surface area contributed by atoms with Crippen molar-refractivity contribution >= 4 is 38.3 Å². The largest absolute Gasteiger partial charge is 0.378 e. The topological polar surface area (TPSA) is 54.5 Å². The fraction of sp³-hybridized carbons (Fsp3) is 0.600. The van der Waals surface area contributed by atoms with Gasteiger partial charge in [-0.15, -0.1) is 11.3 Å². The minimum Gasteiger partial charge on any atom is -0.378 e. The van der Waals surface area contributed by atoms with Gasteiger partial charge in [-0.05, 0) is 15.9 Å². The molecule has 1 aliphatic heterocycles. The number of carbonyl (C=O) groups excluding carboxylic acids is 1. The van der Waals surface area contributed by atoms with Crippen molar-refractivity contribution in [3.63, 3.8) is 0 Å². The second kappa shape index (κ2) is 6.32. The summed E-state index contributed by atoms with van der Waals surface area (Å²) in [5.74, 6) is 0.177. The molecule has 0 atom stereocenters. The standard InChI is InChI=1S/C10H14BrN3O2S/c11-8-7-17-10(13-8)12-2-1-9(15)14-3-5-16-6-4-14/h7H,1-6H2,(H,12,13). The lowest BCUT2D eigenvalue weighted by Gasteiger charge is -2.26. The maximum absolute atomic E-state index is 11.8. The van der Waals surface area contributed by atoms with Crippen LogP contribution in [-0.4, -0.2) is 48.6 Å². The molecule has 2 heterocycles. The second-order valence-electron chi connectivity index (χ2n) is 3.65. The van der Waals surface area contributed by atoms with Crippen molar-refractivity contribution in [2.75, 3.05) is 38.2 Å². The van der Waals surface area contributed by atoms with Crippen LogP contribution in [0.25, 0.3) is 0 Å². The highest BCUT2D eigenvalue weighted by molar-refractivity contribution is 9.10. The summed E-state index contributed by atoms with van der Waals surface area (Å²) in [5, 5.41) is 5.88. The zero-order chi connectivity index (χ0) is 12.1. The molecule has 0 saturated carbocycles. The van der Waals surface area contributed by atoms with Crippen LogP contribution in [0.1, 0.15) is 6.42 Å². The number of morpholine rings is 1. The first-order chi connectivity index (χ1) is 8.25. The number of thiazole rings is 1. The van der Waals surface area contributed by atoms with Crippen LogP contribution >= 0.6 is 27.3 Å². The Bertz CT molecular complexity index is 379. The van der Waals surface area contributed by atoms with Gasteiger partial charge in [0.2, 0.25) is 5.91 Å². The number of ether oxygens (including phenoxy) is 1. The van der Waals surface area contributed by atoms with Crippen LogP contribution in [0.4, 0.5) is 5.13 Å². The third-order valence-corrected chi connectivity index (χ3v) is 3.96. The molecular formula is C10H14BrN3O2S. The highest BCUT2D eigenvalue weighted by Crippen LogP contribution is 2.19. The Hall–Kier alpha value is -0.660. The van der Waals surface area contributed by atoms with E-state index in [9.17, 15) is 4.79 Å². The minimum atomic E-state index is 0.177. The smallest absolute Gasteiger partial charge is 0.224 e. The molecule has 0 aromatic carbocycles. The lowest BCUT2D eigenvalue weighted by atomic mass is 10.3. The van der Waals surface area contributed by atoms with Gasteiger partial charge < -0.3 is 15.0 Å². The molecule has 0 unspecified atom stereocenters. The number of hydrogen-bond donors (Lipinski definition) is 1. The summed E-state index contributed by atoms with van der Waals surface area (Å²) in [4.78, 5) is 17.8. The van der Waals surface area contributed by atoms with Gasteiger partial charge in [-0.3, -0.25) is 4.79 Å². The molecule has 7 heteroatoms. The molecule has 0 bridgehead atoms. The first-order valence-electron chi connectivity index (χ1n) is 5.46. The molecule has 0 radical (unpaired) electrons. The zero-order valence-electron chi connectivity index (χ0n) is 9.32. The van der Waals surface area contributed by atoms with Gasteiger partial charge in [-0.2, -0.15) is 0 Å². The normalized spacial score (nSPS) is 15.9. The molecule has 17 heavy (non-hydrogen) atoms. The minimum absolute atomic E-state index is 0.177. The molecule has 1 aliphatic rings. The first-order valence-corrected chi connectivity index (χ1v) is 7.13. The Kier molecular flexibility index (Phi) is 4.75. The van der Waals surface area contributed by atoms with Crippen molar-refractivity contribution in [2.24, 2.45) is 0 Å². The second-order valence-corrected chi connectivity index (χ2v) is 5.32. The first kappa shape index (κ1) is 12.8. The summed E-state index contributed by atoms with van der Waals surface area (Å²) in [7, 11) is 0. The monoisotopic (exact) mass is 319 g/mol. The highest BCUT2D eigenvalue weighted by Gasteiger charge is 2.16. The molecule has 5 nitrogen and oxygen atoms in total. The molecule has 1 saturated heterocycles. The fourth-order valence-electron chi connectivity index (χ4n) is 1.58. The average molecular weight is 320 g/mol. The van der Waals surface area contributed by atoms with Crippen LogP contribution in [0.5, 0.6) is 0 Å². The molecule has 0 spiro atoms. The highest BCUT2D eigenvalue weighted by atomic mass is 79.9. The van der Waals surface area contributed by atoms with E-state index in [1.807, 2.05) is 10.3 Å². The van der Waals surface area contributed by atoms with Crippen molar-refractivity contribution in [1.29, 1.82) is 0 Å². The number of halogens is 1. The lowest BCUT2D eigenvalue weighted by Crippen LogP contribution is -2.41. The zero-order valence-corrected chi connectivity index (χ0v) is 11.7. The fourth-order valence-corrected chi connectivity index (χ4v) is 2.76. The molecule has 94 valence electrons. The number of carbonyl (C=O) groups is 1. The summed E-state index contributed by atoms with van der Waals surface area (Å²) >= 11 is 4.81. The number of rotatable bonds is 4. The van der Waals surface area contributed by atoms with Crippen molar-refractivity contribution in [2.45, 2.75) is 6.42 Å². The number of aromatic nitrogens is 1. The Morgan fingerprint density at radius 3 is 3.00 bits per heavy atom. The van der Waals surface area contributed by atoms with Gasteiger partial charge in [-0.1, -0.05) is 0 Å². The summed E-state index contributed by atoms with van der Waals surface area (Å²) in [5.41, 5.74) is 0. The van der Waals surface area contributed by atoms with Gasteiger partial charge in [0.05, 0.1) is 13.2 Å². The van der Waals surface area contributed by atoms with Gasteiger partial charge in [0.1, 0.15) is 4.60 Å². The number of hydrogen-bond acceptors (Lipinski definition) is 5. The molecule has 1 aromatic rings. The third-order valence-electron chi connectivity index (χ3n) is 2.46. The summed E-state index contributed by atoms with van der Waals surface area (Å²) in [6, 6.07) is 0. The molecule has 1 amide bonds. The van der Waals surface area contributed by atoms with Crippen LogP contribution < -0.4 is 5.32 Å². The summed E-state index contributed by atoms with van der Waals surface area (Å²) in [6.45, 7) is 3.34. The van der Waals surface area contributed by atoms with E-state index < -0.39 is 0 Å². The van der Waals surface area contributed by atoms with Gasteiger partial charge in [0, 0.05) is 31.4 Å². The molecule has 0 aliphatic carbocycles. The SMILES string of the molecule is O=C(CCNc1nc(Br)cs1)N1CCOCC1. The predicted molar refractivity (Wildman–Crippen MR) is 70.3 cm³/mol. The van der Waals surface area contributed by atoms with E-state index in [0.29, 0.717) is 39.3 Å². The maximum Gasteiger partial charge on any atom is 0.224 e. The van der Waals surface area contributed by atoms with E-state index in [4.69, 9.17) is 4.74 Å². The average Bonchev–Trinajstić information content (AvgIpc) is 2.76. The van der Waals surface area contributed by atoms with Gasteiger partial charge in [0.15, 0.2) is 5.13 Å². The molecule has 1 N–H and O–H groups in total. The van der Waals surface area contributed by atoms with E-state index in [1.165, 1.54) is 11.3 Å². The molecule has 1 fully saturated rings. The predicted octanol–water partition coefficient (Wildman–Crippen LogP) is 1.57. The van der Waals surface area contributed by atoms with E-state index in [1.54, 1.807) is 0 Å². The van der Waals surface area contributed by atoms with Crippen LogP contribution in [0.3, 0.4) is 0 Å². The van der Waals surface area contributed by atoms with Crippen molar-refractivity contribution < 1.29 is 9.53 Å². The molecule has 1 aromatic heterocycles. The lowest BCUT2D eigenvalue weighted by molar-refractivity contribution is -0.134. The number of nitrogens with one attached hydrogen (secondary N) is 1. The van der Waals surface area contributed by atoms with Gasteiger partial charge in [0.25, 0.3) is 0 Å². The van der Waals surface area contributed by atoms with Crippen molar-refractivity contribution in [1.82, 2.24) is 9.88 Å². The summed E-state index contributed by atoms with van der Waals surface area (Å²) in [6.07, 6.45) is 0.497. The van der Waals surface area contributed by atoms with Crippen LogP contribution in [0.15, 0.2) is 9.98 Å². The van der Waals surface area contributed by atoms with E-state index >= 15 is 0 Å². The summed E-state index contributed by atoms with van der Waals surface area (Å²) < 4.78 is 6.03. The Balaban J connectivity index is 1.69. The quantitative estimate of drug-likeness (QED) is 0.915. The molecular weight excluding hydrogens is 306 g/mol. The Labute approximate surface area is 112 Å². The third kappa shape index (κ3) is 3.93. The van der Waals surface area contributed by atoms with Gasteiger partial charge in [-0.25, -0.2) is 4.98 Å². The maximum atomic E-state index is 11.8. The van der Waals surface area contributed by atoms with Crippen LogP contribution in [-0.2, 0) is 9.53 Å². The Morgan fingerprint density at radius 1 is 1.59 bits per heavy atom. The van der Waals surface area contributed by atoms with E-state index in [2.05, 4.69) is 26.2 Å². The number of anilines is 1. The van der Waals surface area contributed by atoms with Crippen molar-refractivity contribution in [3.05, 3.63) is 9.98 Å². The van der Waals surface area contributed by atoms with E-state index in [-0.39, 0.29) is 5.91 Å². The van der Waals surface area contributed by atoms with Gasteiger partial charge >= 0.3 is 0 Å². The van der Waals surface area contributed by atoms with Crippen molar-refractivity contribution in [3.8, 4) is 0 Å². The molecule has 2 rings (SSSR count). The van der Waals surface area contributed by atoms with Crippen LogP contribution in [0, 0.1) is 0 Å². The van der Waals surface area contributed by atoms with Crippen LogP contribution in [0.2, 0.25) is 0 Å². The Morgan fingerprint density at radius 2 is 2.35 bits per heavy atom. The number of nitrogens with zero attached hydrogens (tertiary/aromatic N) is 2. The van der Waals surface area contributed by atoms with E-state index in [0.717, 1.165) is 9.73 Å².